The molecule has 0 spiro atoms. The van der Waals surface area contributed by atoms with Gasteiger partial charge in [-0.05, 0) is 29.8 Å². The molecule has 0 aliphatic rings. The van der Waals surface area contributed by atoms with E-state index in [2.05, 4.69) is 0 Å². The molecule has 1 N–H and O–H groups in total. The van der Waals surface area contributed by atoms with E-state index in [0.717, 1.165) is 6.08 Å². The van der Waals surface area contributed by atoms with Gasteiger partial charge in [-0.3, -0.25) is 0 Å². The first kappa shape index (κ1) is 9.74. The number of rotatable bonds is 2. The van der Waals surface area contributed by atoms with Crippen molar-refractivity contribution in [2.45, 2.75) is 0 Å². The molecular formula is C9H6ClFO2. The molecule has 1 aromatic carbocycles. The Morgan fingerprint density at radius 2 is 2.23 bits per heavy atom. The molecule has 0 saturated carbocycles. The number of hydrogen-bond donors (Lipinski definition) is 1. The van der Waals surface area contributed by atoms with Crippen LogP contribution in [0.15, 0.2) is 24.3 Å². The van der Waals surface area contributed by atoms with Crippen LogP contribution in [0.4, 0.5) is 4.39 Å². The summed E-state index contributed by atoms with van der Waals surface area (Å²) in [4.78, 5) is 10.1. The van der Waals surface area contributed by atoms with Crippen LogP contribution in [0.3, 0.4) is 0 Å². The summed E-state index contributed by atoms with van der Waals surface area (Å²) in [5, 5.41) is 8.63. The van der Waals surface area contributed by atoms with E-state index in [9.17, 15) is 9.18 Å². The molecule has 0 heterocycles. The van der Waals surface area contributed by atoms with Gasteiger partial charge in [-0.2, -0.15) is 0 Å². The predicted molar refractivity (Wildman–Crippen MR) is 48.1 cm³/mol. The number of hydrogen-bond acceptors (Lipinski definition) is 1. The molecule has 68 valence electrons. The first-order valence-electron chi connectivity index (χ1n) is 3.45. The van der Waals surface area contributed by atoms with E-state index in [4.69, 9.17) is 16.7 Å². The second-order valence-electron chi connectivity index (χ2n) is 2.34. The zero-order valence-corrected chi connectivity index (χ0v) is 7.25. The third-order valence-electron chi connectivity index (χ3n) is 1.36. The minimum Gasteiger partial charge on any atom is -0.478 e. The summed E-state index contributed by atoms with van der Waals surface area (Å²) in [5.74, 6) is -1.55. The second-order valence-corrected chi connectivity index (χ2v) is 2.74. The van der Waals surface area contributed by atoms with Gasteiger partial charge < -0.3 is 5.11 Å². The normalized spacial score (nSPS) is 10.6. The lowest BCUT2D eigenvalue weighted by Crippen LogP contribution is -1.86. The summed E-state index contributed by atoms with van der Waals surface area (Å²) < 4.78 is 12.6. The summed E-state index contributed by atoms with van der Waals surface area (Å²) in [5.41, 5.74) is 0.351. The molecule has 1 aromatic rings. The Bertz CT molecular complexity index is 361. The third-order valence-corrected chi connectivity index (χ3v) is 1.71. The van der Waals surface area contributed by atoms with Gasteiger partial charge in [0.05, 0.1) is 0 Å². The first-order valence-corrected chi connectivity index (χ1v) is 3.83. The van der Waals surface area contributed by atoms with Crippen molar-refractivity contribution in [1.82, 2.24) is 0 Å². The largest absolute Gasteiger partial charge is 0.478 e. The summed E-state index contributed by atoms with van der Waals surface area (Å²) in [6, 6.07) is 3.75. The van der Waals surface area contributed by atoms with E-state index < -0.39 is 11.8 Å². The van der Waals surface area contributed by atoms with Crippen LogP contribution in [-0.4, -0.2) is 11.1 Å². The van der Waals surface area contributed by atoms with E-state index in [-0.39, 0.29) is 0 Å². The van der Waals surface area contributed by atoms with Gasteiger partial charge in [0.25, 0.3) is 0 Å². The molecule has 0 unspecified atom stereocenters. The molecule has 0 aromatic heterocycles. The van der Waals surface area contributed by atoms with Gasteiger partial charge in [0.15, 0.2) is 0 Å². The van der Waals surface area contributed by atoms with Gasteiger partial charge in [-0.15, -0.1) is 0 Å². The molecule has 0 fully saturated rings. The van der Waals surface area contributed by atoms with E-state index >= 15 is 0 Å². The van der Waals surface area contributed by atoms with Crippen LogP contribution in [0, 0.1) is 5.82 Å². The van der Waals surface area contributed by atoms with E-state index in [1.807, 2.05) is 0 Å². The molecule has 2 nitrogen and oxygen atoms in total. The van der Waals surface area contributed by atoms with Crippen LogP contribution in [0.5, 0.6) is 0 Å². The summed E-state index contributed by atoms with van der Waals surface area (Å²) >= 11 is 5.67. The number of carboxylic acids is 1. The summed E-state index contributed by atoms with van der Waals surface area (Å²) in [6.45, 7) is 0. The topological polar surface area (TPSA) is 37.3 Å². The zero-order valence-electron chi connectivity index (χ0n) is 6.50. The maximum atomic E-state index is 12.6. The molecule has 13 heavy (non-hydrogen) atoms. The molecule has 4 heteroatoms. The van der Waals surface area contributed by atoms with Gasteiger partial charge in [-0.25, -0.2) is 9.18 Å². The Morgan fingerprint density at radius 1 is 1.54 bits per heavy atom. The average molecular weight is 201 g/mol. The number of carbonyl (C=O) groups is 1. The maximum absolute atomic E-state index is 12.6. The van der Waals surface area contributed by atoms with Crippen molar-refractivity contribution in [3.8, 4) is 0 Å². The summed E-state index contributed by atoms with van der Waals surface area (Å²) in [7, 11) is 0. The Balaban J connectivity index is 3.00. The molecule has 0 atom stereocenters. The van der Waals surface area contributed by atoms with Crippen LogP contribution in [0.1, 0.15) is 5.56 Å². The highest BCUT2D eigenvalue weighted by Crippen LogP contribution is 2.18. The minimum absolute atomic E-state index is 0.318. The predicted octanol–water partition coefficient (Wildman–Crippen LogP) is 2.58. The third kappa shape index (κ3) is 2.87. The lowest BCUT2D eigenvalue weighted by molar-refractivity contribution is -0.131. The number of carboxylic acid groups (broad SMARTS) is 1. The molecule has 0 aliphatic heterocycles. The lowest BCUT2D eigenvalue weighted by atomic mass is 10.2. The highest BCUT2D eigenvalue weighted by Gasteiger charge is 1.98. The molecule has 0 amide bonds. The molecule has 1 rings (SSSR count). The van der Waals surface area contributed by atoms with Crippen molar-refractivity contribution in [1.29, 1.82) is 0 Å². The van der Waals surface area contributed by atoms with Crippen LogP contribution in [0.2, 0.25) is 5.02 Å². The van der Waals surface area contributed by atoms with Crippen LogP contribution >= 0.6 is 11.6 Å². The Labute approximate surface area is 79.3 Å². The van der Waals surface area contributed by atoms with Crippen LogP contribution in [0.25, 0.3) is 6.08 Å². The standard InChI is InChI=1S/C9H6ClFO2/c10-8-3-2-7(11)5-6(8)1-4-9(12)13/h1-5H,(H,12,13)/b4-1-. The van der Waals surface area contributed by atoms with Crippen molar-refractivity contribution >= 4 is 23.6 Å². The highest BCUT2D eigenvalue weighted by molar-refractivity contribution is 6.32. The SMILES string of the molecule is O=C(O)/C=C\c1cc(F)ccc1Cl. The van der Waals surface area contributed by atoms with Crippen molar-refractivity contribution in [3.05, 3.63) is 40.7 Å². The van der Waals surface area contributed by atoms with Crippen molar-refractivity contribution in [2.24, 2.45) is 0 Å². The maximum Gasteiger partial charge on any atom is 0.328 e. The van der Waals surface area contributed by atoms with Crippen LogP contribution < -0.4 is 0 Å². The van der Waals surface area contributed by atoms with Gasteiger partial charge in [0, 0.05) is 11.1 Å². The number of aliphatic carboxylic acids is 1. The van der Waals surface area contributed by atoms with E-state index in [0.29, 0.717) is 10.6 Å². The second kappa shape index (κ2) is 4.05. The Hall–Kier alpha value is -1.35. The minimum atomic E-state index is -1.10. The molecule has 0 radical (unpaired) electrons. The first-order chi connectivity index (χ1) is 6.09. The van der Waals surface area contributed by atoms with Gasteiger partial charge >= 0.3 is 5.97 Å². The number of halogens is 2. The Morgan fingerprint density at radius 3 is 2.85 bits per heavy atom. The van der Waals surface area contributed by atoms with Crippen molar-refractivity contribution in [3.63, 3.8) is 0 Å². The van der Waals surface area contributed by atoms with Crippen molar-refractivity contribution in [2.75, 3.05) is 0 Å². The fourth-order valence-corrected chi connectivity index (χ4v) is 0.984. The summed E-state index contributed by atoms with van der Waals surface area (Å²) in [6.07, 6.45) is 2.15. The fraction of sp³-hybridized carbons (Fsp3) is 0. The molecular weight excluding hydrogens is 195 g/mol. The van der Waals surface area contributed by atoms with Gasteiger partial charge in [0.1, 0.15) is 5.82 Å². The fourth-order valence-electron chi connectivity index (χ4n) is 0.803. The monoisotopic (exact) mass is 200 g/mol. The Kier molecular flexibility index (Phi) is 3.03. The average Bonchev–Trinajstić information content (AvgIpc) is 2.06. The quantitative estimate of drug-likeness (QED) is 0.745. The van der Waals surface area contributed by atoms with E-state index in [1.54, 1.807) is 0 Å². The molecule has 0 aliphatic carbocycles. The molecule has 0 saturated heterocycles. The highest BCUT2D eigenvalue weighted by atomic mass is 35.5. The van der Waals surface area contributed by atoms with Crippen molar-refractivity contribution < 1.29 is 14.3 Å². The smallest absolute Gasteiger partial charge is 0.328 e. The lowest BCUT2D eigenvalue weighted by Gasteiger charge is -1.96. The van der Waals surface area contributed by atoms with Gasteiger partial charge in [0.2, 0.25) is 0 Å². The number of benzene rings is 1. The van der Waals surface area contributed by atoms with Crippen LogP contribution in [-0.2, 0) is 4.79 Å². The van der Waals surface area contributed by atoms with E-state index in [1.165, 1.54) is 24.3 Å². The molecule has 0 bridgehead atoms. The van der Waals surface area contributed by atoms with Gasteiger partial charge in [-0.1, -0.05) is 11.6 Å². The zero-order chi connectivity index (χ0) is 9.84.